The van der Waals surface area contributed by atoms with E-state index >= 15 is 0 Å². The highest BCUT2D eigenvalue weighted by Crippen LogP contribution is 2.63. The Bertz CT molecular complexity index is 1800. The Morgan fingerprint density at radius 2 is 1.70 bits per heavy atom. The minimum Gasteiger partial charge on any atom is -0.508 e. The van der Waals surface area contributed by atoms with Crippen molar-refractivity contribution in [1.82, 2.24) is 10.2 Å². The standard InChI is InChI=1S/C33H37BrN4O9/c1-31-12-18-19(37(3)4)11-15(13-36-30(45)47-17-9-7-16(34)8-10-17)23(39)20(18)24(40)22(31)28(43)33(46)27(42)21(29(35)44)25(41)26(38(5)6)32(33,2)14-31/h7-11,26,39-40,42,46H,12-14H2,1-6H3,(H2,35,44)(H,36,45)/t26-,31+,32+,33-/m1/s1. The lowest BCUT2D eigenvalue weighted by atomic mass is 9.46. The molecule has 2 amide bonds. The fourth-order valence-corrected chi connectivity index (χ4v) is 8.04. The van der Waals surface area contributed by atoms with E-state index in [0.717, 1.165) is 4.47 Å². The van der Waals surface area contributed by atoms with Gasteiger partial charge in [-0.3, -0.25) is 19.3 Å². The van der Waals surface area contributed by atoms with E-state index in [2.05, 4.69) is 21.2 Å². The van der Waals surface area contributed by atoms with Crippen LogP contribution in [0, 0.1) is 10.8 Å². The average Bonchev–Trinajstić information content (AvgIpc) is 2.95. The van der Waals surface area contributed by atoms with Gasteiger partial charge in [-0.25, -0.2) is 4.79 Å². The predicted octanol–water partition coefficient (Wildman–Crippen LogP) is 2.86. The number of likely N-dealkylation sites (N-methyl/N-ethyl adjacent to an activating group) is 1. The van der Waals surface area contributed by atoms with Gasteiger partial charge in [-0.1, -0.05) is 29.8 Å². The summed E-state index contributed by atoms with van der Waals surface area (Å²) in [5, 5.41) is 49.4. The van der Waals surface area contributed by atoms with Crippen molar-refractivity contribution in [3.05, 3.63) is 68.4 Å². The van der Waals surface area contributed by atoms with Gasteiger partial charge >= 0.3 is 6.09 Å². The molecule has 1 fully saturated rings. The van der Waals surface area contributed by atoms with Crippen molar-refractivity contribution in [1.29, 1.82) is 0 Å². The number of aliphatic hydroxyl groups excluding tert-OH is 2. The van der Waals surface area contributed by atoms with Crippen LogP contribution in [-0.2, 0) is 27.3 Å². The molecule has 0 saturated heterocycles. The summed E-state index contributed by atoms with van der Waals surface area (Å²) in [6.07, 6.45) is -0.809. The number of fused-ring (bicyclic) bond motifs is 3. The summed E-state index contributed by atoms with van der Waals surface area (Å²) in [6.45, 7) is 2.97. The summed E-state index contributed by atoms with van der Waals surface area (Å²) in [7, 11) is 6.61. The first-order chi connectivity index (χ1) is 21.8. The molecule has 0 bridgehead atoms. The van der Waals surface area contributed by atoms with Gasteiger partial charge in [0.1, 0.15) is 28.6 Å². The summed E-state index contributed by atoms with van der Waals surface area (Å²) in [4.78, 5) is 56.2. The highest BCUT2D eigenvalue weighted by Gasteiger charge is 2.72. The van der Waals surface area contributed by atoms with E-state index in [1.807, 2.05) is 0 Å². The fourth-order valence-electron chi connectivity index (χ4n) is 7.77. The van der Waals surface area contributed by atoms with Gasteiger partial charge in [-0.05, 0) is 62.8 Å². The number of aromatic hydroxyl groups is 1. The minimum atomic E-state index is -2.82. The number of nitrogens with zero attached hydrogens (tertiary/aromatic N) is 2. The van der Waals surface area contributed by atoms with Crippen LogP contribution in [-0.4, -0.2) is 88.7 Å². The summed E-state index contributed by atoms with van der Waals surface area (Å²) >= 11 is 3.31. The van der Waals surface area contributed by atoms with Gasteiger partial charge in [0, 0.05) is 52.8 Å². The Labute approximate surface area is 279 Å². The molecule has 13 nitrogen and oxygen atoms in total. The molecule has 3 aliphatic carbocycles. The first kappa shape index (κ1) is 33.9. The van der Waals surface area contributed by atoms with Crippen molar-refractivity contribution in [2.45, 2.75) is 44.9 Å². The van der Waals surface area contributed by atoms with E-state index < -0.39 is 68.9 Å². The lowest BCUT2D eigenvalue weighted by Gasteiger charge is -2.59. The maximum Gasteiger partial charge on any atom is 0.412 e. The second kappa shape index (κ2) is 11.4. The Kier molecular flexibility index (Phi) is 8.23. The summed E-state index contributed by atoms with van der Waals surface area (Å²) in [5.74, 6) is -5.22. The maximum atomic E-state index is 14.5. The number of Topliss-reactive ketones (excluding diaryl/α,β-unsaturated/α-hetero) is 2. The molecule has 0 heterocycles. The maximum absolute atomic E-state index is 14.5. The second-order valence-corrected chi connectivity index (χ2v) is 14.2. The van der Waals surface area contributed by atoms with Gasteiger partial charge in [0.15, 0.2) is 11.4 Å². The topological polar surface area (TPSA) is 203 Å². The average molecular weight is 714 g/mol. The van der Waals surface area contributed by atoms with E-state index in [-0.39, 0.29) is 41.8 Å². The van der Waals surface area contributed by atoms with Gasteiger partial charge in [0.2, 0.25) is 5.78 Å². The normalized spacial score (nSPS) is 26.9. The van der Waals surface area contributed by atoms with E-state index in [1.165, 1.54) is 11.8 Å². The van der Waals surface area contributed by atoms with Crippen molar-refractivity contribution < 1.29 is 44.3 Å². The lowest BCUT2D eigenvalue weighted by Crippen LogP contribution is -2.72. The van der Waals surface area contributed by atoms with Gasteiger partial charge < -0.3 is 41.1 Å². The Morgan fingerprint density at radius 3 is 2.26 bits per heavy atom. The largest absolute Gasteiger partial charge is 0.508 e. The smallest absolute Gasteiger partial charge is 0.412 e. The van der Waals surface area contributed by atoms with Crippen LogP contribution < -0.4 is 20.7 Å². The summed E-state index contributed by atoms with van der Waals surface area (Å²) in [6, 6.07) is 6.99. The third kappa shape index (κ3) is 4.97. The van der Waals surface area contributed by atoms with Crippen LogP contribution in [0.25, 0.3) is 5.76 Å². The molecule has 0 unspecified atom stereocenters. The summed E-state index contributed by atoms with van der Waals surface area (Å²) in [5.41, 5.74) is -0.270. The van der Waals surface area contributed by atoms with Crippen molar-refractivity contribution in [3.63, 3.8) is 0 Å². The van der Waals surface area contributed by atoms with Crippen LogP contribution in [0.15, 0.2) is 51.7 Å². The minimum absolute atomic E-state index is 0.0843. The highest BCUT2D eigenvalue weighted by atomic mass is 79.9. The molecular weight excluding hydrogens is 676 g/mol. The number of amides is 2. The summed E-state index contributed by atoms with van der Waals surface area (Å²) < 4.78 is 6.10. The molecule has 0 aliphatic heterocycles. The van der Waals surface area contributed by atoms with Crippen LogP contribution >= 0.6 is 15.9 Å². The SMILES string of the molecule is CN(C)c1cc(CNC(=O)Oc2ccc(Br)cc2)c(O)c2c1C[C@@]1(C)C[C@@]3(C)[C@H](N(C)C)C(=O)C(C(N)=O)=C(O)[C@@]3(O)C(=O)C1=C2O. The first-order valence-corrected chi connectivity index (χ1v) is 15.5. The molecule has 1 saturated carbocycles. The number of hydrogen-bond acceptors (Lipinski definition) is 11. The zero-order chi connectivity index (χ0) is 35.0. The van der Waals surface area contributed by atoms with Crippen molar-refractivity contribution >= 4 is 50.9 Å². The molecule has 4 atom stereocenters. The van der Waals surface area contributed by atoms with Crippen molar-refractivity contribution in [2.75, 3.05) is 33.1 Å². The third-order valence-corrected chi connectivity index (χ3v) is 10.1. The second-order valence-electron chi connectivity index (χ2n) is 13.3. The van der Waals surface area contributed by atoms with E-state index in [9.17, 15) is 39.6 Å². The third-order valence-electron chi connectivity index (χ3n) is 9.62. The van der Waals surface area contributed by atoms with Crippen LogP contribution in [0.1, 0.15) is 37.0 Å². The van der Waals surface area contributed by atoms with E-state index in [1.54, 1.807) is 70.3 Å². The molecule has 47 heavy (non-hydrogen) atoms. The molecule has 7 N–H and O–H groups in total. The van der Waals surface area contributed by atoms with Gasteiger partial charge in [0.25, 0.3) is 5.91 Å². The Morgan fingerprint density at radius 1 is 1.09 bits per heavy atom. The molecule has 0 radical (unpaired) electrons. The zero-order valence-electron chi connectivity index (χ0n) is 26.8. The number of halogens is 1. The molecule has 3 aliphatic rings. The van der Waals surface area contributed by atoms with Crippen LogP contribution in [0.5, 0.6) is 11.5 Å². The number of carbonyl (C=O) groups excluding carboxylic acids is 4. The molecule has 5 rings (SSSR count). The van der Waals surface area contributed by atoms with Crippen LogP contribution in [0.3, 0.4) is 0 Å². The van der Waals surface area contributed by atoms with Gasteiger partial charge in [0.05, 0.1) is 11.6 Å². The molecule has 0 spiro atoms. The molecular formula is C33H37BrN4O9. The van der Waals surface area contributed by atoms with Gasteiger partial charge in [-0.15, -0.1) is 0 Å². The monoisotopic (exact) mass is 712 g/mol. The molecule has 2 aromatic rings. The number of ketones is 2. The quantitative estimate of drug-likeness (QED) is 0.240. The Hall–Kier alpha value is -4.40. The lowest BCUT2D eigenvalue weighted by molar-refractivity contribution is -0.175. The number of phenolic OH excluding ortho intramolecular Hbond substituents is 1. The number of nitrogens with one attached hydrogen (secondary N) is 1. The molecule has 250 valence electrons. The number of hydrogen-bond donors (Lipinski definition) is 6. The van der Waals surface area contributed by atoms with Gasteiger partial charge in [-0.2, -0.15) is 0 Å². The number of benzene rings is 2. The number of phenols is 1. The van der Waals surface area contributed by atoms with Crippen LogP contribution in [0.4, 0.5) is 10.5 Å². The molecule has 0 aromatic heterocycles. The number of aliphatic hydroxyl groups is 3. The fraction of sp³-hybridized carbons (Fsp3) is 0.394. The number of ether oxygens (including phenoxy) is 1. The van der Waals surface area contributed by atoms with E-state index in [4.69, 9.17) is 10.5 Å². The number of carbonyl (C=O) groups is 4. The Balaban J connectivity index is 1.64. The van der Waals surface area contributed by atoms with Crippen molar-refractivity contribution in [2.24, 2.45) is 16.6 Å². The highest BCUT2D eigenvalue weighted by molar-refractivity contribution is 9.10. The first-order valence-electron chi connectivity index (χ1n) is 14.7. The number of anilines is 1. The molecule has 2 aromatic carbocycles. The number of primary amides is 1. The van der Waals surface area contributed by atoms with Crippen molar-refractivity contribution in [3.8, 4) is 11.5 Å². The number of rotatable bonds is 6. The molecule has 14 heteroatoms. The van der Waals surface area contributed by atoms with E-state index in [0.29, 0.717) is 11.3 Å². The predicted molar refractivity (Wildman–Crippen MR) is 175 cm³/mol. The zero-order valence-corrected chi connectivity index (χ0v) is 28.4. The number of nitrogens with two attached hydrogens (primary N) is 1. The van der Waals surface area contributed by atoms with Crippen LogP contribution in [0.2, 0.25) is 0 Å².